The Labute approximate surface area is 132 Å². The molecule has 4 bridgehead atoms. The van der Waals surface area contributed by atoms with Crippen LogP contribution in [0.15, 0.2) is 0 Å². The van der Waals surface area contributed by atoms with Gasteiger partial charge in [0, 0.05) is 0 Å². The molecule has 2 saturated heterocycles. The Hall–Kier alpha value is -0.160. The Balaban J connectivity index is 1.25. The van der Waals surface area contributed by atoms with E-state index in [1.165, 1.54) is 32.1 Å². The summed E-state index contributed by atoms with van der Waals surface area (Å²) in [5.74, 6) is 3.51. The minimum Gasteiger partial charge on any atom is -0.378 e. The minimum atomic E-state index is 0.385. The summed E-state index contributed by atoms with van der Waals surface area (Å²) >= 11 is 0. The van der Waals surface area contributed by atoms with Gasteiger partial charge in [-0.1, -0.05) is 0 Å². The fourth-order valence-corrected chi connectivity index (χ4v) is 5.90. The zero-order chi connectivity index (χ0) is 14.6. The lowest BCUT2D eigenvalue weighted by molar-refractivity contribution is -0.163. The van der Waals surface area contributed by atoms with Gasteiger partial charge in [0.05, 0.1) is 39.6 Å². The van der Waals surface area contributed by atoms with Crippen molar-refractivity contribution in [3.63, 3.8) is 0 Å². The molecule has 124 valence electrons. The van der Waals surface area contributed by atoms with E-state index in [1.807, 2.05) is 0 Å². The van der Waals surface area contributed by atoms with Gasteiger partial charge in [-0.2, -0.15) is 0 Å². The highest BCUT2D eigenvalue weighted by atomic mass is 16.6. The van der Waals surface area contributed by atoms with Crippen LogP contribution in [0, 0.1) is 29.1 Å². The average Bonchev–Trinajstić information content (AvgIpc) is 3.35. The van der Waals surface area contributed by atoms with E-state index < -0.39 is 0 Å². The average molecular weight is 308 g/mol. The van der Waals surface area contributed by atoms with E-state index >= 15 is 0 Å². The van der Waals surface area contributed by atoms with Crippen molar-refractivity contribution in [2.24, 2.45) is 29.1 Å². The third kappa shape index (κ3) is 2.72. The molecule has 4 aliphatic carbocycles. The molecule has 0 aromatic carbocycles. The van der Waals surface area contributed by atoms with Gasteiger partial charge >= 0.3 is 0 Å². The van der Waals surface area contributed by atoms with Crippen LogP contribution in [0.4, 0.5) is 0 Å². The molecule has 0 spiro atoms. The zero-order valence-corrected chi connectivity index (χ0v) is 13.4. The van der Waals surface area contributed by atoms with Crippen molar-refractivity contribution in [1.29, 1.82) is 0 Å². The summed E-state index contributed by atoms with van der Waals surface area (Å²) in [7, 11) is 0. The van der Waals surface area contributed by atoms with E-state index in [0.29, 0.717) is 23.5 Å². The molecule has 0 amide bonds. The van der Waals surface area contributed by atoms with E-state index in [0.717, 1.165) is 57.4 Å². The second kappa shape index (κ2) is 5.44. The molecule has 4 nitrogen and oxygen atoms in total. The van der Waals surface area contributed by atoms with Crippen LogP contribution in [0.5, 0.6) is 0 Å². The van der Waals surface area contributed by atoms with Gasteiger partial charge in [0.1, 0.15) is 12.2 Å². The van der Waals surface area contributed by atoms with Gasteiger partial charge in [-0.15, -0.1) is 0 Å². The van der Waals surface area contributed by atoms with Crippen LogP contribution in [0.3, 0.4) is 0 Å². The van der Waals surface area contributed by atoms with Crippen LogP contribution in [0.2, 0.25) is 0 Å². The lowest BCUT2D eigenvalue weighted by Crippen LogP contribution is -2.56. The Morgan fingerprint density at radius 2 is 1.45 bits per heavy atom. The molecule has 6 fully saturated rings. The lowest BCUT2D eigenvalue weighted by Gasteiger charge is -2.61. The van der Waals surface area contributed by atoms with Gasteiger partial charge in [-0.3, -0.25) is 0 Å². The minimum absolute atomic E-state index is 0.385. The summed E-state index contributed by atoms with van der Waals surface area (Å²) in [6, 6.07) is 0. The molecule has 0 radical (unpaired) electrons. The van der Waals surface area contributed by atoms with Crippen LogP contribution in [0.25, 0.3) is 0 Å². The van der Waals surface area contributed by atoms with E-state index in [9.17, 15) is 0 Å². The summed E-state index contributed by atoms with van der Waals surface area (Å²) in [6.07, 6.45) is 7.88. The summed E-state index contributed by atoms with van der Waals surface area (Å²) in [5, 5.41) is 0. The lowest BCUT2D eigenvalue weighted by atomic mass is 9.45. The van der Waals surface area contributed by atoms with Crippen LogP contribution in [-0.4, -0.2) is 51.8 Å². The monoisotopic (exact) mass is 308 g/mol. The molecule has 5 unspecified atom stereocenters. The largest absolute Gasteiger partial charge is 0.378 e. The molecular weight excluding hydrogens is 280 g/mol. The van der Waals surface area contributed by atoms with Crippen LogP contribution in [0.1, 0.15) is 32.1 Å². The van der Waals surface area contributed by atoms with Crippen molar-refractivity contribution in [3.05, 3.63) is 0 Å². The zero-order valence-electron chi connectivity index (χ0n) is 13.4. The van der Waals surface area contributed by atoms with Crippen molar-refractivity contribution in [1.82, 2.24) is 0 Å². The van der Waals surface area contributed by atoms with E-state index in [2.05, 4.69) is 0 Å². The number of epoxide rings is 2. The Kier molecular flexibility index (Phi) is 3.51. The number of hydrogen-bond donors (Lipinski definition) is 0. The molecule has 2 heterocycles. The van der Waals surface area contributed by atoms with Crippen LogP contribution >= 0.6 is 0 Å². The highest BCUT2D eigenvalue weighted by Crippen LogP contribution is 2.63. The first-order chi connectivity index (χ1) is 10.8. The third-order valence-corrected chi connectivity index (χ3v) is 6.78. The Bertz CT molecular complexity index is 403. The van der Waals surface area contributed by atoms with E-state index in [4.69, 9.17) is 18.9 Å². The van der Waals surface area contributed by atoms with Crippen molar-refractivity contribution in [3.8, 4) is 0 Å². The van der Waals surface area contributed by atoms with Crippen molar-refractivity contribution >= 4 is 0 Å². The second-order valence-corrected chi connectivity index (χ2v) is 8.54. The molecule has 6 rings (SSSR count). The molecule has 0 aromatic rings. The summed E-state index contributed by atoms with van der Waals surface area (Å²) < 4.78 is 22.7. The van der Waals surface area contributed by atoms with Crippen molar-refractivity contribution in [2.45, 2.75) is 44.3 Å². The molecular formula is C18H28O4. The maximum absolute atomic E-state index is 6.11. The number of rotatable bonds is 8. The molecule has 6 aliphatic rings. The van der Waals surface area contributed by atoms with Gasteiger partial charge in [0.25, 0.3) is 0 Å². The highest BCUT2D eigenvalue weighted by molar-refractivity contribution is 5.06. The first kappa shape index (κ1) is 14.2. The summed E-state index contributed by atoms with van der Waals surface area (Å²) in [4.78, 5) is 0. The molecule has 22 heavy (non-hydrogen) atoms. The molecule has 0 aromatic heterocycles. The predicted molar refractivity (Wildman–Crippen MR) is 80.6 cm³/mol. The second-order valence-electron chi connectivity index (χ2n) is 8.54. The fourth-order valence-electron chi connectivity index (χ4n) is 5.90. The van der Waals surface area contributed by atoms with Gasteiger partial charge < -0.3 is 18.9 Å². The smallest absolute Gasteiger partial charge is 0.104 e. The molecule has 4 heteroatoms. The first-order valence-corrected chi connectivity index (χ1v) is 9.19. The van der Waals surface area contributed by atoms with Gasteiger partial charge in [-0.25, -0.2) is 0 Å². The maximum Gasteiger partial charge on any atom is 0.104 e. The SMILES string of the molecule is C1C2CC3CC1CC(COCC1CO1)(C2)C3COCC1CO1. The molecule has 0 N–H and O–H groups in total. The van der Waals surface area contributed by atoms with Gasteiger partial charge in [0.2, 0.25) is 0 Å². The van der Waals surface area contributed by atoms with E-state index in [1.54, 1.807) is 0 Å². The van der Waals surface area contributed by atoms with Crippen molar-refractivity contribution in [2.75, 3.05) is 39.6 Å². The first-order valence-electron chi connectivity index (χ1n) is 9.19. The highest BCUT2D eigenvalue weighted by Gasteiger charge is 2.57. The van der Waals surface area contributed by atoms with Crippen molar-refractivity contribution < 1.29 is 18.9 Å². The molecule has 4 saturated carbocycles. The quantitative estimate of drug-likeness (QED) is 0.645. The van der Waals surface area contributed by atoms with Gasteiger partial charge in [0.15, 0.2) is 0 Å². The number of hydrogen-bond acceptors (Lipinski definition) is 4. The summed E-state index contributed by atoms with van der Waals surface area (Å²) in [6.45, 7) is 5.24. The molecule has 5 atom stereocenters. The predicted octanol–water partition coefficient (Wildman–Crippen LogP) is 2.26. The fraction of sp³-hybridized carbons (Fsp3) is 1.00. The Morgan fingerprint density at radius 1 is 0.818 bits per heavy atom. The number of ether oxygens (including phenoxy) is 4. The standard InChI is InChI=1S/C18H28O4/c1-12-2-14-3-13(1)5-18(4-12,11-20-7-16-9-22-16)17(14)10-19-6-15-8-21-15/h12-17H,1-11H2. The van der Waals surface area contributed by atoms with Crippen LogP contribution in [-0.2, 0) is 18.9 Å². The Morgan fingerprint density at radius 3 is 2.09 bits per heavy atom. The topological polar surface area (TPSA) is 43.5 Å². The van der Waals surface area contributed by atoms with E-state index in [-0.39, 0.29) is 0 Å². The molecule has 2 aliphatic heterocycles. The third-order valence-electron chi connectivity index (χ3n) is 6.78. The van der Waals surface area contributed by atoms with Crippen LogP contribution < -0.4 is 0 Å². The maximum atomic E-state index is 6.11. The summed E-state index contributed by atoms with van der Waals surface area (Å²) in [5.41, 5.74) is 0.397. The van der Waals surface area contributed by atoms with Gasteiger partial charge in [-0.05, 0) is 61.2 Å². The normalized spacial score (nSPS) is 51.3.